The van der Waals surface area contributed by atoms with Crippen molar-refractivity contribution in [3.05, 3.63) is 53.1 Å². The number of amides is 2. The summed E-state index contributed by atoms with van der Waals surface area (Å²) in [5, 5.41) is 2.82. The van der Waals surface area contributed by atoms with Gasteiger partial charge >= 0.3 is 0 Å². The monoisotopic (exact) mass is 384 g/mol. The van der Waals surface area contributed by atoms with Crippen LogP contribution in [-0.4, -0.2) is 45.0 Å². The van der Waals surface area contributed by atoms with Gasteiger partial charge in [-0.05, 0) is 29.2 Å². The van der Waals surface area contributed by atoms with Gasteiger partial charge in [0, 0.05) is 25.7 Å². The first-order valence-electron chi connectivity index (χ1n) is 8.98. The number of hydrogen-bond donors (Lipinski definition) is 1. The standard InChI is InChI=1S/C22H28N2O4/c1-22(2,3)15-10-8-14(9-11-15)20(25)23-17-13-19(28-7)18(27-6)12-16(17)21(26)24(4)5/h8-13H,1-7H3,(H,23,25). The Labute approximate surface area is 166 Å². The summed E-state index contributed by atoms with van der Waals surface area (Å²) >= 11 is 0. The fraction of sp³-hybridized carbons (Fsp3) is 0.364. The number of methoxy groups -OCH3 is 2. The Kier molecular flexibility index (Phi) is 6.33. The van der Waals surface area contributed by atoms with Crippen LogP contribution in [0.15, 0.2) is 36.4 Å². The number of anilines is 1. The maximum atomic E-state index is 12.8. The average Bonchev–Trinajstić information content (AvgIpc) is 2.66. The maximum absolute atomic E-state index is 12.8. The molecule has 0 aliphatic rings. The molecule has 6 nitrogen and oxygen atoms in total. The van der Waals surface area contributed by atoms with Crippen molar-refractivity contribution in [1.82, 2.24) is 4.90 Å². The average molecular weight is 384 g/mol. The second-order valence-electron chi connectivity index (χ2n) is 7.73. The van der Waals surface area contributed by atoms with Crippen LogP contribution in [-0.2, 0) is 5.41 Å². The molecule has 6 heteroatoms. The van der Waals surface area contributed by atoms with Gasteiger partial charge in [-0.15, -0.1) is 0 Å². The molecule has 0 aromatic heterocycles. The van der Waals surface area contributed by atoms with Crippen molar-refractivity contribution in [2.45, 2.75) is 26.2 Å². The number of nitrogens with one attached hydrogen (secondary N) is 1. The van der Waals surface area contributed by atoms with Crippen LogP contribution in [0.2, 0.25) is 0 Å². The summed E-state index contributed by atoms with van der Waals surface area (Å²) in [6.45, 7) is 6.35. The highest BCUT2D eigenvalue weighted by atomic mass is 16.5. The molecule has 1 N–H and O–H groups in total. The zero-order valence-electron chi connectivity index (χ0n) is 17.5. The van der Waals surface area contributed by atoms with Crippen LogP contribution in [0, 0.1) is 0 Å². The van der Waals surface area contributed by atoms with Crippen LogP contribution in [0.3, 0.4) is 0 Å². The molecule has 2 amide bonds. The third-order valence-electron chi connectivity index (χ3n) is 4.42. The van der Waals surface area contributed by atoms with Gasteiger partial charge < -0.3 is 19.7 Å². The Morgan fingerprint density at radius 2 is 1.46 bits per heavy atom. The number of rotatable bonds is 5. The van der Waals surface area contributed by atoms with E-state index in [4.69, 9.17) is 9.47 Å². The van der Waals surface area contributed by atoms with E-state index >= 15 is 0 Å². The number of nitrogens with zero attached hydrogens (tertiary/aromatic N) is 1. The molecular formula is C22H28N2O4. The predicted molar refractivity (Wildman–Crippen MR) is 111 cm³/mol. The summed E-state index contributed by atoms with van der Waals surface area (Å²) in [5.74, 6) is 0.288. The summed E-state index contributed by atoms with van der Waals surface area (Å²) in [6.07, 6.45) is 0. The minimum Gasteiger partial charge on any atom is -0.493 e. The molecule has 0 fully saturated rings. The second-order valence-corrected chi connectivity index (χ2v) is 7.73. The molecule has 150 valence electrons. The highest BCUT2D eigenvalue weighted by Crippen LogP contribution is 2.34. The van der Waals surface area contributed by atoms with Gasteiger partial charge in [-0.25, -0.2) is 0 Å². The molecule has 0 aliphatic heterocycles. The van der Waals surface area contributed by atoms with Crippen LogP contribution in [0.25, 0.3) is 0 Å². The molecule has 0 heterocycles. The fourth-order valence-electron chi connectivity index (χ4n) is 2.72. The molecule has 0 aliphatic carbocycles. The van der Waals surface area contributed by atoms with E-state index in [9.17, 15) is 9.59 Å². The van der Waals surface area contributed by atoms with Crippen molar-refractivity contribution in [2.75, 3.05) is 33.6 Å². The van der Waals surface area contributed by atoms with E-state index in [1.54, 1.807) is 38.4 Å². The molecule has 0 saturated heterocycles. The van der Waals surface area contributed by atoms with E-state index in [0.29, 0.717) is 28.3 Å². The Morgan fingerprint density at radius 3 is 1.93 bits per heavy atom. The van der Waals surface area contributed by atoms with E-state index in [-0.39, 0.29) is 17.2 Å². The van der Waals surface area contributed by atoms with Crippen molar-refractivity contribution in [2.24, 2.45) is 0 Å². The van der Waals surface area contributed by atoms with Gasteiger partial charge in [0.1, 0.15) is 0 Å². The van der Waals surface area contributed by atoms with E-state index in [2.05, 4.69) is 26.1 Å². The molecule has 0 unspecified atom stereocenters. The van der Waals surface area contributed by atoms with Gasteiger partial charge in [0.05, 0.1) is 25.5 Å². The first-order chi connectivity index (χ1) is 13.1. The maximum Gasteiger partial charge on any atom is 0.255 e. The van der Waals surface area contributed by atoms with Crippen LogP contribution in [0.1, 0.15) is 47.1 Å². The summed E-state index contributed by atoms with van der Waals surface area (Å²) in [4.78, 5) is 26.8. The largest absolute Gasteiger partial charge is 0.493 e. The topological polar surface area (TPSA) is 67.9 Å². The summed E-state index contributed by atoms with van der Waals surface area (Å²) < 4.78 is 10.6. The Bertz CT molecular complexity index is 865. The molecule has 0 atom stereocenters. The number of hydrogen-bond acceptors (Lipinski definition) is 4. The third-order valence-corrected chi connectivity index (χ3v) is 4.42. The first-order valence-corrected chi connectivity index (χ1v) is 8.98. The number of ether oxygens (including phenoxy) is 2. The highest BCUT2D eigenvalue weighted by molar-refractivity contribution is 6.09. The Morgan fingerprint density at radius 1 is 0.929 bits per heavy atom. The summed E-state index contributed by atoms with van der Waals surface area (Å²) in [7, 11) is 6.30. The lowest BCUT2D eigenvalue weighted by Crippen LogP contribution is -2.24. The zero-order chi connectivity index (χ0) is 21.1. The first kappa shape index (κ1) is 21.3. The lowest BCUT2D eigenvalue weighted by atomic mass is 9.86. The van der Waals surface area contributed by atoms with Crippen molar-refractivity contribution < 1.29 is 19.1 Å². The minimum atomic E-state index is -0.305. The fourth-order valence-corrected chi connectivity index (χ4v) is 2.72. The lowest BCUT2D eigenvalue weighted by molar-refractivity contribution is 0.0828. The SMILES string of the molecule is COc1cc(NC(=O)c2ccc(C(C)(C)C)cc2)c(C(=O)N(C)C)cc1OC. The molecule has 0 radical (unpaired) electrons. The van der Waals surface area contributed by atoms with Crippen LogP contribution < -0.4 is 14.8 Å². The molecule has 0 saturated carbocycles. The minimum absolute atomic E-state index is 0.00363. The number of carbonyl (C=O) groups excluding carboxylic acids is 2. The zero-order valence-corrected chi connectivity index (χ0v) is 17.5. The molecular weight excluding hydrogens is 356 g/mol. The molecule has 28 heavy (non-hydrogen) atoms. The normalized spacial score (nSPS) is 11.0. The van der Waals surface area contributed by atoms with Gasteiger partial charge in [-0.3, -0.25) is 9.59 Å². The van der Waals surface area contributed by atoms with E-state index in [1.165, 1.54) is 19.1 Å². The Balaban J connectivity index is 2.40. The van der Waals surface area contributed by atoms with Crippen LogP contribution in [0.5, 0.6) is 11.5 Å². The molecule has 0 spiro atoms. The predicted octanol–water partition coefficient (Wildman–Crippen LogP) is 3.96. The number of benzene rings is 2. The van der Waals surface area contributed by atoms with Gasteiger partial charge in [0.2, 0.25) is 0 Å². The molecule has 2 aromatic rings. The van der Waals surface area contributed by atoms with Crippen molar-refractivity contribution >= 4 is 17.5 Å². The second kappa shape index (κ2) is 8.33. The van der Waals surface area contributed by atoms with Crippen molar-refractivity contribution in [3.8, 4) is 11.5 Å². The molecule has 2 aromatic carbocycles. The highest BCUT2D eigenvalue weighted by Gasteiger charge is 2.21. The quantitative estimate of drug-likeness (QED) is 0.847. The van der Waals surface area contributed by atoms with Gasteiger partial charge in [-0.2, -0.15) is 0 Å². The van der Waals surface area contributed by atoms with Crippen molar-refractivity contribution in [1.29, 1.82) is 0 Å². The number of carbonyl (C=O) groups is 2. The molecule has 0 bridgehead atoms. The summed E-state index contributed by atoms with van der Waals surface area (Å²) in [5.41, 5.74) is 2.33. The van der Waals surface area contributed by atoms with Crippen LogP contribution in [0.4, 0.5) is 5.69 Å². The smallest absolute Gasteiger partial charge is 0.255 e. The van der Waals surface area contributed by atoms with E-state index in [0.717, 1.165) is 5.56 Å². The van der Waals surface area contributed by atoms with E-state index in [1.807, 2.05) is 12.1 Å². The van der Waals surface area contributed by atoms with E-state index < -0.39 is 0 Å². The lowest BCUT2D eigenvalue weighted by Gasteiger charge is -2.19. The van der Waals surface area contributed by atoms with Crippen molar-refractivity contribution in [3.63, 3.8) is 0 Å². The van der Waals surface area contributed by atoms with Crippen LogP contribution >= 0.6 is 0 Å². The van der Waals surface area contributed by atoms with Gasteiger partial charge in [-0.1, -0.05) is 32.9 Å². The Hall–Kier alpha value is -3.02. The van der Waals surface area contributed by atoms with Gasteiger partial charge in [0.25, 0.3) is 11.8 Å². The third kappa shape index (κ3) is 4.63. The summed E-state index contributed by atoms with van der Waals surface area (Å²) in [6, 6.07) is 10.6. The van der Waals surface area contributed by atoms with Gasteiger partial charge in [0.15, 0.2) is 11.5 Å². The molecule has 2 rings (SSSR count).